The number of likely N-dealkylation sites (tertiary alicyclic amines) is 1. The summed E-state index contributed by atoms with van der Waals surface area (Å²) in [5.74, 6) is 0. The Hall–Kier alpha value is -2.07. The first kappa shape index (κ1) is 18.7. The monoisotopic (exact) mass is 354 g/mol. The fourth-order valence-corrected chi connectivity index (χ4v) is 3.80. The van der Waals surface area contributed by atoms with Crippen LogP contribution < -0.4 is 5.32 Å². The minimum absolute atomic E-state index is 0.182. The molecule has 26 heavy (non-hydrogen) atoms. The van der Waals surface area contributed by atoms with Gasteiger partial charge in [0.1, 0.15) is 5.60 Å². The van der Waals surface area contributed by atoms with Crippen molar-refractivity contribution in [3.8, 4) is 0 Å². The Balaban J connectivity index is 1.68. The Morgan fingerprint density at radius 2 is 1.88 bits per heavy atom. The van der Waals surface area contributed by atoms with Crippen molar-refractivity contribution in [2.75, 3.05) is 6.54 Å². The van der Waals surface area contributed by atoms with Crippen molar-refractivity contribution in [2.45, 2.75) is 64.8 Å². The highest BCUT2D eigenvalue weighted by Gasteiger charge is 2.35. The van der Waals surface area contributed by atoms with Crippen LogP contribution in [0.1, 0.15) is 52.6 Å². The molecule has 0 spiro atoms. The van der Waals surface area contributed by atoms with Crippen molar-refractivity contribution in [1.82, 2.24) is 10.2 Å². The lowest BCUT2D eigenvalue weighted by molar-refractivity contribution is 0.0235. The Kier molecular flexibility index (Phi) is 5.24. The first-order valence-corrected chi connectivity index (χ1v) is 9.48. The second kappa shape index (κ2) is 7.28. The molecule has 3 atom stereocenters. The summed E-state index contributed by atoms with van der Waals surface area (Å²) in [6.07, 6.45) is 0.723. The predicted octanol–water partition coefficient (Wildman–Crippen LogP) is 4.89. The molecule has 1 N–H and O–H groups in total. The van der Waals surface area contributed by atoms with E-state index in [9.17, 15) is 4.79 Å². The standard InChI is InChI=1S/C22H30N2O2/c1-15-13-18(14-24(15)21(25)26-22(3,4)5)23-16(2)19-12-8-10-17-9-6-7-11-20(17)19/h6-12,15-16,18,23H,13-14H2,1-5H3/t15-,16?,18+/m1/s1. The quantitative estimate of drug-likeness (QED) is 0.853. The highest BCUT2D eigenvalue weighted by Crippen LogP contribution is 2.27. The average molecular weight is 354 g/mol. The molecule has 140 valence electrons. The van der Waals surface area contributed by atoms with E-state index in [-0.39, 0.29) is 24.2 Å². The molecule has 1 fully saturated rings. The molecular weight excluding hydrogens is 324 g/mol. The fourth-order valence-electron chi connectivity index (χ4n) is 3.80. The maximum absolute atomic E-state index is 12.4. The Morgan fingerprint density at radius 1 is 1.19 bits per heavy atom. The third-order valence-corrected chi connectivity index (χ3v) is 4.98. The van der Waals surface area contributed by atoms with E-state index in [0.717, 1.165) is 6.42 Å². The SMILES string of the molecule is CC(N[C@H]1C[C@@H](C)N(C(=O)OC(C)(C)C)C1)c1cccc2ccccc12. The van der Waals surface area contributed by atoms with E-state index in [2.05, 4.69) is 61.6 Å². The van der Waals surface area contributed by atoms with Crippen LogP contribution in [0.2, 0.25) is 0 Å². The summed E-state index contributed by atoms with van der Waals surface area (Å²) in [5.41, 5.74) is 0.838. The van der Waals surface area contributed by atoms with E-state index in [0.29, 0.717) is 6.54 Å². The number of hydrogen-bond acceptors (Lipinski definition) is 3. The molecule has 1 aliphatic rings. The summed E-state index contributed by atoms with van der Waals surface area (Å²) in [6, 6.07) is 15.6. The maximum Gasteiger partial charge on any atom is 0.410 e. The van der Waals surface area contributed by atoms with Gasteiger partial charge in [0.2, 0.25) is 0 Å². The van der Waals surface area contributed by atoms with Gasteiger partial charge in [0.25, 0.3) is 0 Å². The molecule has 3 rings (SSSR count). The molecule has 4 nitrogen and oxygen atoms in total. The summed E-state index contributed by atoms with van der Waals surface area (Å²) in [7, 11) is 0. The Bertz CT molecular complexity index is 776. The van der Waals surface area contributed by atoms with E-state index < -0.39 is 5.60 Å². The molecule has 1 unspecified atom stereocenters. The van der Waals surface area contributed by atoms with E-state index in [4.69, 9.17) is 4.74 Å². The van der Waals surface area contributed by atoms with E-state index >= 15 is 0 Å². The zero-order chi connectivity index (χ0) is 18.9. The van der Waals surface area contributed by atoms with Gasteiger partial charge in [0, 0.05) is 24.7 Å². The third-order valence-electron chi connectivity index (χ3n) is 4.98. The van der Waals surface area contributed by atoms with E-state index in [1.54, 1.807) is 0 Å². The topological polar surface area (TPSA) is 41.6 Å². The predicted molar refractivity (Wildman–Crippen MR) is 106 cm³/mol. The molecule has 1 heterocycles. The molecule has 0 aromatic heterocycles. The summed E-state index contributed by atoms with van der Waals surface area (Å²) >= 11 is 0. The summed E-state index contributed by atoms with van der Waals surface area (Å²) in [5, 5.41) is 6.26. The molecule has 0 saturated carbocycles. The van der Waals surface area contributed by atoms with Gasteiger partial charge in [-0.05, 0) is 57.4 Å². The minimum atomic E-state index is -0.460. The molecule has 2 aromatic rings. The Labute approximate surface area is 156 Å². The van der Waals surface area contributed by atoms with Crippen LogP contribution in [0, 0.1) is 0 Å². The van der Waals surface area contributed by atoms with Crippen molar-refractivity contribution in [1.29, 1.82) is 0 Å². The van der Waals surface area contributed by atoms with E-state index in [1.807, 2.05) is 25.7 Å². The van der Waals surface area contributed by atoms with Crippen molar-refractivity contribution in [3.05, 3.63) is 48.0 Å². The lowest BCUT2D eigenvalue weighted by atomic mass is 9.99. The summed E-state index contributed by atoms with van der Waals surface area (Å²) in [6.45, 7) is 10.7. The number of fused-ring (bicyclic) bond motifs is 1. The maximum atomic E-state index is 12.4. The van der Waals surface area contributed by atoms with Crippen molar-refractivity contribution < 1.29 is 9.53 Å². The van der Waals surface area contributed by atoms with Gasteiger partial charge >= 0.3 is 6.09 Å². The largest absolute Gasteiger partial charge is 0.444 e. The molecular formula is C22H30N2O2. The lowest BCUT2D eigenvalue weighted by Gasteiger charge is -2.27. The molecule has 4 heteroatoms. The number of carbonyl (C=O) groups excluding carboxylic acids is 1. The first-order chi connectivity index (χ1) is 12.2. The van der Waals surface area contributed by atoms with Crippen LogP contribution >= 0.6 is 0 Å². The van der Waals surface area contributed by atoms with Crippen LogP contribution in [0.3, 0.4) is 0 Å². The van der Waals surface area contributed by atoms with Crippen molar-refractivity contribution in [3.63, 3.8) is 0 Å². The van der Waals surface area contributed by atoms with E-state index in [1.165, 1.54) is 16.3 Å². The molecule has 0 bridgehead atoms. The number of ether oxygens (including phenoxy) is 1. The molecule has 1 aliphatic heterocycles. The van der Waals surface area contributed by atoms with Crippen LogP contribution in [0.15, 0.2) is 42.5 Å². The number of rotatable bonds is 3. The molecule has 1 saturated heterocycles. The van der Waals surface area contributed by atoms with Gasteiger partial charge < -0.3 is 15.0 Å². The number of amides is 1. The fraction of sp³-hybridized carbons (Fsp3) is 0.500. The summed E-state index contributed by atoms with van der Waals surface area (Å²) in [4.78, 5) is 14.3. The number of benzene rings is 2. The lowest BCUT2D eigenvalue weighted by Crippen LogP contribution is -2.40. The van der Waals surface area contributed by atoms with Gasteiger partial charge in [-0.3, -0.25) is 0 Å². The van der Waals surface area contributed by atoms with Gasteiger partial charge in [-0.2, -0.15) is 0 Å². The highest BCUT2D eigenvalue weighted by molar-refractivity contribution is 5.86. The normalized spacial score (nSPS) is 21.8. The third kappa shape index (κ3) is 4.18. The number of carbonyl (C=O) groups is 1. The minimum Gasteiger partial charge on any atom is -0.444 e. The van der Waals surface area contributed by atoms with Crippen LogP contribution in [0.25, 0.3) is 10.8 Å². The zero-order valence-corrected chi connectivity index (χ0v) is 16.5. The molecule has 0 radical (unpaired) electrons. The van der Waals surface area contributed by atoms with Crippen LogP contribution in [0.5, 0.6) is 0 Å². The van der Waals surface area contributed by atoms with Gasteiger partial charge in [-0.1, -0.05) is 42.5 Å². The van der Waals surface area contributed by atoms with Gasteiger partial charge in [-0.25, -0.2) is 4.79 Å². The smallest absolute Gasteiger partial charge is 0.410 e. The zero-order valence-electron chi connectivity index (χ0n) is 16.5. The second-order valence-corrected chi connectivity index (χ2v) is 8.37. The number of nitrogens with zero attached hydrogens (tertiary/aromatic N) is 1. The molecule has 1 amide bonds. The number of hydrogen-bond donors (Lipinski definition) is 1. The van der Waals surface area contributed by atoms with Crippen LogP contribution in [-0.2, 0) is 4.74 Å². The van der Waals surface area contributed by atoms with Crippen LogP contribution in [0.4, 0.5) is 4.79 Å². The highest BCUT2D eigenvalue weighted by atomic mass is 16.6. The summed E-state index contributed by atoms with van der Waals surface area (Å²) < 4.78 is 5.55. The molecule has 0 aliphatic carbocycles. The van der Waals surface area contributed by atoms with Crippen LogP contribution in [-0.4, -0.2) is 35.2 Å². The van der Waals surface area contributed by atoms with Crippen molar-refractivity contribution >= 4 is 16.9 Å². The number of nitrogens with one attached hydrogen (secondary N) is 1. The van der Waals surface area contributed by atoms with Gasteiger partial charge in [0.05, 0.1) is 0 Å². The second-order valence-electron chi connectivity index (χ2n) is 8.37. The van der Waals surface area contributed by atoms with Gasteiger partial charge in [-0.15, -0.1) is 0 Å². The Morgan fingerprint density at radius 3 is 2.62 bits per heavy atom. The molecule has 2 aromatic carbocycles. The van der Waals surface area contributed by atoms with Crippen molar-refractivity contribution in [2.24, 2.45) is 0 Å². The average Bonchev–Trinajstić information content (AvgIpc) is 2.93. The first-order valence-electron chi connectivity index (χ1n) is 9.48. The van der Waals surface area contributed by atoms with Gasteiger partial charge in [0.15, 0.2) is 0 Å².